The lowest BCUT2D eigenvalue weighted by Crippen LogP contribution is -2.45. The summed E-state index contributed by atoms with van der Waals surface area (Å²) in [4.78, 5) is 43.1. The van der Waals surface area contributed by atoms with Crippen molar-refractivity contribution in [1.82, 2.24) is 10.3 Å². The van der Waals surface area contributed by atoms with Crippen molar-refractivity contribution in [2.45, 2.75) is 79.4 Å². The lowest BCUT2D eigenvalue weighted by Gasteiger charge is -2.30. The van der Waals surface area contributed by atoms with Crippen LogP contribution in [0.25, 0.3) is 6.08 Å². The van der Waals surface area contributed by atoms with Gasteiger partial charge >= 0.3 is 5.97 Å². The Morgan fingerprint density at radius 2 is 1.97 bits per heavy atom. The number of aliphatic hydroxyl groups excluding tert-OH is 1. The molecule has 2 rings (SSSR count). The first-order chi connectivity index (χ1) is 15.4. The highest BCUT2D eigenvalue weighted by atomic mass is 32.1. The molecule has 7 nitrogen and oxygen atoms in total. The summed E-state index contributed by atoms with van der Waals surface area (Å²) in [6.45, 7) is 11.8. The van der Waals surface area contributed by atoms with Crippen molar-refractivity contribution >= 4 is 34.9 Å². The van der Waals surface area contributed by atoms with Gasteiger partial charge in [-0.3, -0.25) is 14.4 Å². The number of esters is 1. The van der Waals surface area contributed by atoms with Crippen LogP contribution in [0.4, 0.5) is 0 Å². The third-order valence-electron chi connectivity index (χ3n) is 6.46. The molecule has 4 unspecified atom stereocenters. The van der Waals surface area contributed by atoms with Crippen LogP contribution in [0.15, 0.2) is 11.0 Å². The number of nitrogens with zero attached hydrogens (tertiary/aromatic N) is 1. The van der Waals surface area contributed by atoms with Gasteiger partial charge in [0.15, 0.2) is 11.6 Å². The fourth-order valence-corrected chi connectivity index (χ4v) is 4.66. The van der Waals surface area contributed by atoms with Crippen LogP contribution in [-0.2, 0) is 19.1 Å². The number of aryl methyl sites for hydroxylation is 1. The molecular formula is C25H38N2O5S. The van der Waals surface area contributed by atoms with E-state index in [-0.39, 0.29) is 11.7 Å². The number of hydrogen-bond acceptors (Lipinski definition) is 8. The molecule has 0 amide bonds. The van der Waals surface area contributed by atoms with E-state index in [0.29, 0.717) is 13.0 Å². The molecular weight excluding hydrogens is 440 g/mol. The van der Waals surface area contributed by atoms with E-state index in [2.05, 4.69) is 10.3 Å². The fourth-order valence-electron chi connectivity index (χ4n) is 4.09. The third kappa shape index (κ3) is 7.55. The smallest absolute Gasteiger partial charge is 0.313 e. The zero-order valence-corrected chi connectivity index (χ0v) is 21.5. The SMILES string of the molecule is CC(=Cc1csc(C)n1)C1CCCCNCC(C)C(O)C(C)C(=O)C(C)(C)C(=O)CC(=O)O1. The molecule has 8 heteroatoms. The van der Waals surface area contributed by atoms with Gasteiger partial charge in [0.2, 0.25) is 0 Å². The summed E-state index contributed by atoms with van der Waals surface area (Å²) in [5.41, 5.74) is 0.308. The summed E-state index contributed by atoms with van der Waals surface area (Å²) >= 11 is 1.55. The van der Waals surface area contributed by atoms with E-state index < -0.39 is 41.7 Å². The maximum atomic E-state index is 13.0. The number of carbonyl (C=O) groups is 3. The van der Waals surface area contributed by atoms with Crippen molar-refractivity contribution in [3.05, 3.63) is 21.7 Å². The summed E-state index contributed by atoms with van der Waals surface area (Å²) in [5.74, 6) is -2.36. The van der Waals surface area contributed by atoms with Gasteiger partial charge in [-0.2, -0.15) is 0 Å². The van der Waals surface area contributed by atoms with Gasteiger partial charge in [-0.15, -0.1) is 11.3 Å². The Balaban J connectivity index is 2.23. The number of carbonyl (C=O) groups excluding carboxylic acids is 3. The first-order valence-electron chi connectivity index (χ1n) is 11.7. The quantitative estimate of drug-likeness (QED) is 0.493. The number of hydrogen-bond donors (Lipinski definition) is 2. The maximum absolute atomic E-state index is 13.0. The number of cyclic esters (lactones) is 1. The van der Waals surface area contributed by atoms with E-state index in [1.807, 2.05) is 32.2 Å². The molecule has 0 radical (unpaired) electrons. The van der Waals surface area contributed by atoms with E-state index in [9.17, 15) is 19.5 Å². The first-order valence-corrected chi connectivity index (χ1v) is 12.6. The minimum Gasteiger partial charge on any atom is -0.458 e. The van der Waals surface area contributed by atoms with Crippen LogP contribution < -0.4 is 5.32 Å². The number of aliphatic hydroxyl groups is 1. The maximum Gasteiger partial charge on any atom is 0.313 e. The highest BCUT2D eigenvalue weighted by molar-refractivity contribution is 7.09. The van der Waals surface area contributed by atoms with Gasteiger partial charge in [0.1, 0.15) is 12.5 Å². The van der Waals surface area contributed by atoms with Crippen molar-refractivity contribution in [2.75, 3.05) is 13.1 Å². The molecule has 1 saturated heterocycles. The first kappa shape index (κ1) is 27.3. The minimum atomic E-state index is -1.39. The van der Waals surface area contributed by atoms with Crippen LogP contribution in [0, 0.1) is 24.2 Å². The molecule has 184 valence electrons. The number of aromatic nitrogens is 1. The molecule has 0 bridgehead atoms. The third-order valence-corrected chi connectivity index (χ3v) is 7.25. The summed E-state index contributed by atoms with van der Waals surface area (Å²) in [5, 5.41) is 16.9. The number of Topliss-reactive ketones (excluding diaryl/α,β-unsaturated/α-hetero) is 2. The van der Waals surface area contributed by atoms with E-state index >= 15 is 0 Å². The van der Waals surface area contributed by atoms with E-state index in [4.69, 9.17) is 4.74 Å². The fraction of sp³-hybridized carbons (Fsp3) is 0.680. The van der Waals surface area contributed by atoms with Crippen molar-refractivity contribution in [3.63, 3.8) is 0 Å². The van der Waals surface area contributed by atoms with Gasteiger partial charge in [0.25, 0.3) is 0 Å². The largest absolute Gasteiger partial charge is 0.458 e. The number of thiazole rings is 1. The topological polar surface area (TPSA) is 106 Å². The summed E-state index contributed by atoms with van der Waals surface area (Å²) < 4.78 is 5.72. The lowest BCUT2D eigenvalue weighted by molar-refractivity contribution is -0.153. The van der Waals surface area contributed by atoms with Crippen molar-refractivity contribution in [3.8, 4) is 0 Å². The van der Waals surface area contributed by atoms with Gasteiger partial charge in [-0.25, -0.2) is 4.98 Å². The van der Waals surface area contributed by atoms with Crippen LogP contribution in [-0.4, -0.2) is 52.9 Å². The molecule has 2 N–H and O–H groups in total. The molecule has 1 fully saturated rings. The summed E-state index contributed by atoms with van der Waals surface area (Å²) in [6.07, 6.45) is 2.45. The molecule has 0 aliphatic carbocycles. The number of ketones is 2. The normalized spacial score (nSPS) is 29.1. The predicted molar refractivity (Wildman–Crippen MR) is 130 cm³/mol. The average Bonchev–Trinajstić information content (AvgIpc) is 3.16. The van der Waals surface area contributed by atoms with E-state index in [0.717, 1.165) is 35.7 Å². The Bertz CT molecular complexity index is 876. The van der Waals surface area contributed by atoms with Gasteiger partial charge in [0, 0.05) is 17.8 Å². The van der Waals surface area contributed by atoms with Crippen LogP contribution in [0.3, 0.4) is 0 Å². The molecule has 1 aliphatic heterocycles. The summed E-state index contributed by atoms with van der Waals surface area (Å²) in [6, 6.07) is 0. The van der Waals surface area contributed by atoms with Crippen LogP contribution in [0.2, 0.25) is 0 Å². The molecule has 0 saturated carbocycles. The van der Waals surface area contributed by atoms with Gasteiger partial charge in [-0.1, -0.05) is 13.8 Å². The number of ether oxygens (including phenoxy) is 1. The molecule has 1 aromatic rings. The second-order valence-corrected chi connectivity index (χ2v) is 10.8. The number of nitrogens with one attached hydrogen (secondary N) is 1. The molecule has 0 spiro atoms. The summed E-state index contributed by atoms with van der Waals surface area (Å²) in [7, 11) is 0. The zero-order chi connectivity index (χ0) is 24.8. The molecule has 1 aromatic heterocycles. The monoisotopic (exact) mass is 478 g/mol. The Morgan fingerprint density at radius 3 is 2.61 bits per heavy atom. The number of rotatable bonds is 2. The lowest BCUT2D eigenvalue weighted by atomic mass is 9.74. The average molecular weight is 479 g/mol. The van der Waals surface area contributed by atoms with Crippen molar-refractivity contribution < 1.29 is 24.2 Å². The standard InChI is InChI=1S/C25H38N2O5S/c1-15(11-19-14-33-18(4)27-19)20-9-7-8-10-26-13-16(2)23(30)17(3)24(31)25(5,6)21(28)12-22(29)32-20/h11,14,16-17,20,23,26,30H,7-10,12-13H2,1-6H3. The highest BCUT2D eigenvalue weighted by Crippen LogP contribution is 2.28. The van der Waals surface area contributed by atoms with Gasteiger partial charge in [0.05, 0.1) is 22.2 Å². The Morgan fingerprint density at radius 1 is 1.27 bits per heavy atom. The van der Waals surface area contributed by atoms with Crippen LogP contribution >= 0.6 is 11.3 Å². The molecule has 33 heavy (non-hydrogen) atoms. The Labute approximate surface area is 201 Å². The Kier molecular flexibility index (Phi) is 9.94. The van der Waals surface area contributed by atoms with Gasteiger partial charge in [-0.05, 0) is 71.1 Å². The molecule has 1 aliphatic rings. The van der Waals surface area contributed by atoms with E-state index in [1.165, 1.54) is 13.8 Å². The second kappa shape index (κ2) is 12.0. The zero-order valence-electron chi connectivity index (χ0n) is 20.6. The Hall–Kier alpha value is -1.90. The van der Waals surface area contributed by atoms with Crippen molar-refractivity contribution in [1.29, 1.82) is 0 Å². The minimum absolute atomic E-state index is 0.146. The molecule has 4 atom stereocenters. The highest BCUT2D eigenvalue weighted by Gasteiger charge is 2.42. The molecule has 2 heterocycles. The molecule has 0 aromatic carbocycles. The van der Waals surface area contributed by atoms with E-state index in [1.54, 1.807) is 18.3 Å². The predicted octanol–water partition coefficient (Wildman–Crippen LogP) is 3.73. The van der Waals surface area contributed by atoms with Crippen LogP contribution in [0.5, 0.6) is 0 Å². The van der Waals surface area contributed by atoms with Crippen LogP contribution in [0.1, 0.15) is 71.0 Å². The second-order valence-electron chi connectivity index (χ2n) is 9.70. The van der Waals surface area contributed by atoms with Gasteiger partial charge < -0.3 is 15.2 Å². The van der Waals surface area contributed by atoms with Crippen molar-refractivity contribution in [2.24, 2.45) is 17.3 Å².